The van der Waals surface area contributed by atoms with Gasteiger partial charge in [-0.2, -0.15) is 0 Å². The van der Waals surface area contributed by atoms with Crippen LogP contribution in [0.2, 0.25) is 0 Å². The first kappa shape index (κ1) is 17.5. The molecule has 1 unspecified atom stereocenters. The van der Waals surface area contributed by atoms with Crippen molar-refractivity contribution >= 4 is 11.8 Å². The molecule has 1 N–H and O–H groups in total. The van der Waals surface area contributed by atoms with Crippen molar-refractivity contribution in [1.29, 1.82) is 0 Å². The lowest BCUT2D eigenvalue weighted by Gasteiger charge is -2.33. The van der Waals surface area contributed by atoms with E-state index in [0.29, 0.717) is 12.6 Å². The Morgan fingerprint density at radius 1 is 1.21 bits per heavy atom. The van der Waals surface area contributed by atoms with Gasteiger partial charge < -0.3 is 5.32 Å². The van der Waals surface area contributed by atoms with Crippen LogP contribution in [0.5, 0.6) is 0 Å². The van der Waals surface area contributed by atoms with Crippen LogP contribution in [0.15, 0.2) is 53.4 Å². The van der Waals surface area contributed by atoms with Crippen molar-refractivity contribution in [2.45, 2.75) is 36.9 Å². The van der Waals surface area contributed by atoms with Crippen molar-refractivity contribution in [3.05, 3.63) is 65.5 Å². The van der Waals surface area contributed by atoms with E-state index in [1.807, 2.05) is 12.1 Å². The van der Waals surface area contributed by atoms with Gasteiger partial charge in [-0.15, -0.1) is 11.8 Å². The predicted molar refractivity (Wildman–Crippen MR) is 99.8 cm³/mol. The molecule has 0 saturated carbocycles. The van der Waals surface area contributed by atoms with E-state index in [2.05, 4.69) is 40.7 Å². The van der Waals surface area contributed by atoms with Gasteiger partial charge in [-0.1, -0.05) is 30.3 Å². The van der Waals surface area contributed by atoms with E-state index in [0.717, 1.165) is 31.6 Å². The van der Waals surface area contributed by atoms with Crippen LogP contribution in [0, 0.1) is 5.82 Å². The van der Waals surface area contributed by atoms with E-state index in [1.54, 1.807) is 23.9 Å². The number of likely N-dealkylation sites (tertiary alicyclic amines) is 1. The number of piperidine rings is 1. The molecule has 0 bridgehead atoms. The number of nitrogens with one attached hydrogen (secondary N) is 1. The fraction of sp³-hybridized carbons (Fsp3) is 0.400. The zero-order valence-electron chi connectivity index (χ0n) is 14.2. The Balaban J connectivity index is 1.53. The second kappa shape index (κ2) is 8.65. The zero-order valence-corrected chi connectivity index (χ0v) is 15.0. The van der Waals surface area contributed by atoms with E-state index in [9.17, 15) is 4.39 Å². The van der Waals surface area contributed by atoms with Gasteiger partial charge in [0, 0.05) is 36.1 Å². The van der Waals surface area contributed by atoms with Crippen molar-refractivity contribution in [3.63, 3.8) is 0 Å². The van der Waals surface area contributed by atoms with Gasteiger partial charge >= 0.3 is 0 Å². The summed E-state index contributed by atoms with van der Waals surface area (Å²) in [6.07, 6.45) is 4.46. The molecule has 0 amide bonds. The second-order valence-electron chi connectivity index (χ2n) is 6.40. The molecule has 0 aromatic heterocycles. The van der Waals surface area contributed by atoms with Crippen LogP contribution in [-0.2, 0) is 13.1 Å². The number of halogens is 1. The van der Waals surface area contributed by atoms with Gasteiger partial charge in [0.1, 0.15) is 5.82 Å². The number of thioether (sulfide) groups is 1. The Labute approximate surface area is 148 Å². The fourth-order valence-corrected chi connectivity index (χ4v) is 3.76. The minimum absolute atomic E-state index is 0.0959. The Morgan fingerprint density at radius 2 is 2.08 bits per heavy atom. The number of rotatable bonds is 6. The van der Waals surface area contributed by atoms with Crippen molar-refractivity contribution in [2.75, 3.05) is 19.3 Å². The summed E-state index contributed by atoms with van der Waals surface area (Å²) in [4.78, 5) is 3.66. The largest absolute Gasteiger partial charge is 0.309 e. The smallest absolute Gasteiger partial charge is 0.127 e. The molecule has 4 heteroatoms. The van der Waals surface area contributed by atoms with Crippen LogP contribution in [0.4, 0.5) is 4.39 Å². The van der Waals surface area contributed by atoms with Crippen molar-refractivity contribution in [1.82, 2.24) is 10.2 Å². The molecular weight excluding hydrogens is 319 g/mol. The minimum atomic E-state index is -0.0959. The number of hydrogen-bond acceptors (Lipinski definition) is 3. The summed E-state index contributed by atoms with van der Waals surface area (Å²) in [5.74, 6) is -0.0959. The Morgan fingerprint density at radius 3 is 2.92 bits per heavy atom. The average molecular weight is 344 g/mol. The monoisotopic (exact) mass is 344 g/mol. The number of nitrogens with zero attached hydrogens (tertiary/aromatic N) is 1. The topological polar surface area (TPSA) is 15.3 Å². The van der Waals surface area contributed by atoms with Crippen LogP contribution in [0.25, 0.3) is 0 Å². The molecule has 1 aliphatic heterocycles. The van der Waals surface area contributed by atoms with E-state index in [4.69, 9.17) is 0 Å². The molecular formula is C20H25FN2S. The first-order chi connectivity index (χ1) is 11.7. The molecule has 1 fully saturated rings. The highest BCUT2D eigenvalue weighted by Gasteiger charge is 2.20. The normalized spacial score (nSPS) is 18.7. The third-order valence-electron chi connectivity index (χ3n) is 4.59. The van der Waals surface area contributed by atoms with Gasteiger partial charge in [-0.05, 0) is 49.4 Å². The lowest BCUT2D eigenvalue weighted by atomic mass is 10.0. The van der Waals surface area contributed by atoms with E-state index >= 15 is 0 Å². The van der Waals surface area contributed by atoms with Crippen LogP contribution in [0.3, 0.4) is 0 Å². The summed E-state index contributed by atoms with van der Waals surface area (Å²) in [6.45, 7) is 3.63. The molecule has 1 saturated heterocycles. The molecule has 0 aliphatic carbocycles. The van der Waals surface area contributed by atoms with Crippen LogP contribution >= 0.6 is 11.8 Å². The fourth-order valence-electron chi connectivity index (χ4n) is 3.28. The maximum atomic E-state index is 13.8. The van der Waals surface area contributed by atoms with Crippen molar-refractivity contribution < 1.29 is 4.39 Å². The van der Waals surface area contributed by atoms with Gasteiger partial charge in [-0.3, -0.25) is 4.90 Å². The van der Waals surface area contributed by atoms with E-state index < -0.39 is 0 Å². The second-order valence-corrected chi connectivity index (χ2v) is 7.28. The molecule has 1 heterocycles. The molecule has 2 aromatic carbocycles. The lowest BCUT2D eigenvalue weighted by Crippen LogP contribution is -2.45. The molecule has 2 aromatic rings. The molecule has 3 rings (SSSR count). The summed E-state index contributed by atoms with van der Waals surface area (Å²) < 4.78 is 13.8. The average Bonchev–Trinajstić information content (AvgIpc) is 2.62. The van der Waals surface area contributed by atoms with Crippen molar-refractivity contribution in [2.24, 2.45) is 0 Å². The molecule has 1 aliphatic rings. The summed E-state index contributed by atoms with van der Waals surface area (Å²) >= 11 is 1.78. The standard InChI is InChI=1S/C20H25FN2S/c1-24-19-9-4-6-16(12-19)13-22-18-8-5-11-23(15-18)14-17-7-2-3-10-20(17)21/h2-4,6-7,9-10,12,18,22H,5,8,11,13-15H2,1H3. The number of hydrogen-bond donors (Lipinski definition) is 1. The molecule has 128 valence electrons. The number of benzene rings is 2. The highest BCUT2D eigenvalue weighted by molar-refractivity contribution is 7.98. The molecule has 2 nitrogen and oxygen atoms in total. The van der Waals surface area contributed by atoms with Gasteiger partial charge in [0.25, 0.3) is 0 Å². The predicted octanol–water partition coefficient (Wildman–Crippen LogP) is 4.30. The maximum absolute atomic E-state index is 13.8. The first-order valence-corrected chi connectivity index (χ1v) is 9.79. The third-order valence-corrected chi connectivity index (χ3v) is 5.31. The lowest BCUT2D eigenvalue weighted by molar-refractivity contribution is 0.181. The summed E-state index contributed by atoms with van der Waals surface area (Å²) in [5.41, 5.74) is 2.12. The van der Waals surface area contributed by atoms with E-state index in [1.165, 1.54) is 16.9 Å². The Hall–Kier alpha value is -1.36. The third kappa shape index (κ3) is 4.82. The van der Waals surface area contributed by atoms with Crippen LogP contribution in [-0.4, -0.2) is 30.3 Å². The molecule has 24 heavy (non-hydrogen) atoms. The van der Waals surface area contributed by atoms with Crippen molar-refractivity contribution in [3.8, 4) is 0 Å². The van der Waals surface area contributed by atoms with Gasteiger partial charge in [0.15, 0.2) is 0 Å². The Kier molecular flexibility index (Phi) is 6.30. The van der Waals surface area contributed by atoms with Crippen LogP contribution in [0.1, 0.15) is 24.0 Å². The van der Waals surface area contributed by atoms with Gasteiger partial charge in [-0.25, -0.2) is 4.39 Å². The zero-order chi connectivity index (χ0) is 16.8. The van der Waals surface area contributed by atoms with Gasteiger partial charge in [0.05, 0.1) is 0 Å². The SMILES string of the molecule is CSc1cccc(CNC2CCCN(Cc3ccccc3F)C2)c1. The highest BCUT2D eigenvalue weighted by Crippen LogP contribution is 2.18. The van der Waals surface area contributed by atoms with Crippen LogP contribution < -0.4 is 5.32 Å². The van der Waals surface area contributed by atoms with E-state index in [-0.39, 0.29) is 5.82 Å². The minimum Gasteiger partial charge on any atom is -0.309 e. The molecule has 1 atom stereocenters. The molecule has 0 radical (unpaired) electrons. The molecule has 0 spiro atoms. The summed E-state index contributed by atoms with van der Waals surface area (Å²) in [6, 6.07) is 16.3. The highest BCUT2D eigenvalue weighted by atomic mass is 32.2. The summed E-state index contributed by atoms with van der Waals surface area (Å²) in [5, 5.41) is 3.67. The summed E-state index contributed by atoms with van der Waals surface area (Å²) in [7, 11) is 0. The van der Waals surface area contributed by atoms with Gasteiger partial charge in [0.2, 0.25) is 0 Å². The Bertz CT molecular complexity index is 662. The first-order valence-electron chi connectivity index (χ1n) is 8.56. The maximum Gasteiger partial charge on any atom is 0.127 e. The quantitative estimate of drug-likeness (QED) is 0.787.